The number of hydrogen-bond acceptors (Lipinski definition) is 6. The summed E-state index contributed by atoms with van der Waals surface area (Å²) in [5, 5.41) is 10.2. The Labute approximate surface area is 139 Å². The molecule has 2 aromatic rings. The number of carbonyl (C=O) groups excluding carboxylic acids is 1. The monoisotopic (exact) mass is 331 g/mol. The molecule has 0 aromatic carbocycles. The summed E-state index contributed by atoms with van der Waals surface area (Å²) >= 11 is 0. The molecule has 8 nitrogen and oxygen atoms in total. The number of hydrogen-bond donors (Lipinski definition) is 1. The predicted octanol–water partition coefficient (Wildman–Crippen LogP) is 0.641. The lowest BCUT2D eigenvalue weighted by atomic mass is 10.1. The van der Waals surface area contributed by atoms with Gasteiger partial charge in [0.25, 0.3) is 11.5 Å². The zero-order valence-corrected chi connectivity index (χ0v) is 14.1. The lowest BCUT2D eigenvalue weighted by molar-refractivity contribution is 0.0614. The van der Waals surface area contributed by atoms with Crippen molar-refractivity contribution in [2.45, 2.75) is 27.3 Å². The first kappa shape index (κ1) is 16.4. The van der Waals surface area contributed by atoms with Crippen molar-refractivity contribution >= 4 is 5.91 Å². The van der Waals surface area contributed by atoms with Crippen molar-refractivity contribution in [3.63, 3.8) is 0 Å². The summed E-state index contributed by atoms with van der Waals surface area (Å²) in [4.78, 5) is 28.6. The Hall–Kier alpha value is -2.48. The largest absolute Gasteiger partial charge is 0.360 e. The van der Waals surface area contributed by atoms with Crippen molar-refractivity contribution in [2.75, 3.05) is 26.2 Å². The number of piperazine rings is 1. The van der Waals surface area contributed by atoms with Crippen LogP contribution < -0.4 is 5.56 Å². The molecular formula is C16H21N5O3. The van der Waals surface area contributed by atoms with E-state index in [1.54, 1.807) is 18.7 Å². The third-order valence-corrected chi connectivity index (χ3v) is 4.40. The van der Waals surface area contributed by atoms with Gasteiger partial charge in [0.05, 0.1) is 17.9 Å². The first-order valence-electron chi connectivity index (χ1n) is 7.95. The van der Waals surface area contributed by atoms with Crippen LogP contribution in [-0.4, -0.2) is 57.2 Å². The van der Waals surface area contributed by atoms with Crippen LogP contribution >= 0.6 is 0 Å². The fraction of sp³-hybridized carbons (Fsp3) is 0.500. The topological polar surface area (TPSA) is 95.3 Å². The van der Waals surface area contributed by atoms with E-state index in [-0.39, 0.29) is 11.5 Å². The summed E-state index contributed by atoms with van der Waals surface area (Å²) in [6.07, 6.45) is 0. The van der Waals surface area contributed by atoms with Gasteiger partial charge in [-0.15, -0.1) is 0 Å². The first-order chi connectivity index (χ1) is 11.5. The minimum Gasteiger partial charge on any atom is -0.360 e. The lowest BCUT2D eigenvalue weighted by Gasteiger charge is -2.34. The van der Waals surface area contributed by atoms with E-state index in [2.05, 4.69) is 20.3 Å². The number of carbonyl (C=O) groups is 1. The molecule has 24 heavy (non-hydrogen) atoms. The first-order valence-corrected chi connectivity index (χ1v) is 7.95. The molecule has 0 bridgehead atoms. The molecule has 1 aliphatic rings. The number of rotatable bonds is 3. The van der Waals surface area contributed by atoms with E-state index in [9.17, 15) is 9.59 Å². The maximum atomic E-state index is 12.7. The standard InChI is InChI=1S/C16H21N5O3/c1-10-8-13(24-19-10)9-20-4-6-21(7-5-20)16(23)14-11(2)12(3)17-18-15(14)22/h8H,4-7,9H2,1-3H3,(H,18,22). The van der Waals surface area contributed by atoms with E-state index in [0.29, 0.717) is 30.9 Å². The molecule has 0 aliphatic carbocycles. The van der Waals surface area contributed by atoms with Crippen molar-refractivity contribution < 1.29 is 9.32 Å². The molecule has 1 aliphatic heterocycles. The highest BCUT2D eigenvalue weighted by atomic mass is 16.5. The molecular weight excluding hydrogens is 310 g/mol. The van der Waals surface area contributed by atoms with Crippen LogP contribution in [0.15, 0.2) is 15.4 Å². The maximum absolute atomic E-state index is 12.7. The van der Waals surface area contributed by atoms with Gasteiger partial charge in [0, 0.05) is 32.2 Å². The molecule has 0 unspecified atom stereocenters. The number of aromatic nitrogens is 3. The van der Waals surface area contributed by atoms with Crippen molar-refractivity contribution in [2.24, 2.45) is 0 Å². The fourth-order valence-corrected chi connectivity index (χ4v) is 2.86. The van der Waals surface area contributed by atoms with Gasteiger partial charge in [0.15, 0.2) is 5.76 Å². The Morgan fingerprint density at radius 3 is 2.58 bits per heavy atom. The SMILES string of the molecule is Cc1cc(CN2CCN(C(=O)c3c(C)c(C)n[nH]c3=O)CC2)on1. The van der Waals surface area contributed by atoms with Gasteiger partial charge in [0.1, 0.15) is 5.56 Å². The summed E-state index contributed by atoms with van der Waals surface area (Å²) in [6, 6.07) is 1.92. The maximum Gasteiger partial charge on any atom is 0.277 e. The number of aryl methyl sites for hydroxylation is 2. The molecule has 1 saturated heterocycles. The van der Waals surface area contributed by atoms with Crippen molar-refractivity contribution in [3.8, 4) is 0 Å². The summed E-state index contributed by atoms with van der Waals surface area (Å²) < 4.78 is 5.23. The van der Waals surface area contributed by atoms with Crippen LogP contribution in [0.25, 0.3) is 0 Å². The number of nitrogens with zero attached hydrogens (tertiary/aromatic N) is 4. The average molecular weight is 331 g/mol. The van der Waals surface area contributed by atoms with Gasteiger partial charge in [-0.25, -0.2) is 5.10 Å². The molecule has 1 amide bonds. The Balaban J connectivity index is 1.65. The summed E-state index contributed by atoms with van der Waals surface area (Å²) in [5.41, 5.74) is 1.94. The molecule has 1 N–H and O–H groups in total. The molecule has 8 heteroatoms. The zero-order chi connectivity index (χ0) is 17.3. The molecule has 0 atom stereocenters. The molecule has 1 fully saturated rings. The van der Waals surface area contributed by atoms with E-state index in [0.717, 1.165) is 24.5 Å². The molecule has 0 spiro atoms. The summed E-state index contributed by atoms with van der Waals surface area (Å²) in [7, 11) is 0. The molecule has 3 rings (SSSR count). The minimum absolute atomic E-state index is 0.196. The number of aromatic amines is 1. The van der Waals surface area contributed by atoms with Gasteiger partial charge in [-0.2, -0.15) is 5.10 Å². The third-order valence-electron chi connectivity index (χ3n) is 4.40. The number of H-pyrrole nitrogens is 1. The summed E-state index contributed by atoms with van der Waals surface area (Å²) in [6.45, 7) is 8.71. The van der Waals surface area contributed by atoms with Gasteiger partial charge >= 0.3 is 0 Å². The van der Waals surface area contributed by atoms with Crippen molar-refractivity contribution in [1.82, 2.24) is 25.2 Å². The van der Waals surface area contributed by atoms with Crippen LogP contribution in [-0.2, 0) is 6.54 Å². The molecule has 2 aromatic heterocycles. The predicted molar refractivity (Wildman–Crippen MR) is 86.8 cm³/mol. The van der Waals surface area contributed by atoms with E-state index in [4.69, 9.17) is 4.52 Å². The Kier molecular flexibility index (Phi) is 4.48. The van der Waals surface area contributed by atoms with E-state index in [1.807, 2.05) is 13.0 Å². The second-order valence-electron chi connectivity index (χ2n) is 6.14. The van der Waals surface area contributed by atoms with Crippen LogP contribution in [0.5, 0.6) is 0 Å². The van der Waals surface area contributed by atoms with Gasteiger partial charge in [0.2, 0.25) is 0 Å². The van der Waals surface area contributed by atoms with Gasteiger partial charge in [-0.3, -0.25) is 14.5 Å². The molecule has 128 valence electrons. The number of nitrogens with one attached hydrogen (secondary N) is 1. The highest BCUT2D eigenvalue weighted by Crippen LogP contribution is 2.13. The third kappa shape index (κ3) is 3.23. The quantitative estimate of drug-likeness (QED) is 0.887. The van der Waals surface area contributed by atoms with E-state index < -0.39 is 5.56 Å². The number of amides is 1. The fourth-order valence-electron chi connectivity index (χ4n) is 2.86. The summed E-state index contributed by atoms with van der Waals surface area (Å²) in [5.74, 6) is 0.596. The van der Waals surface area contributed by atoms with Crippen molar-refractivity contribution in [1.29, 1.82) is 0 Å². The van der Waals surface area contributed by atoms with Crippen LogP contribution in [0.4, 0.5) is 0 Å². The van der Waals surface area contributed by atoms with E-state index in [1.165, 1.54) is 0 Å². The van der Waals surface area contributed by atoms with Crippen LogP contribution in [0.3, 0.4) is 0 Å². The van der Waals surface area contributed by atoms with Crippen LogP contribution in [0.2, 0.25) is 0 Å². The van der Waals surface area contributed by atoms with Gasteiger partial charge in [-0.05, 0) is 26.3 Å². The average Bonchev–Trinajstić information content (AvgIpc) is 2.97. The highest BCUT2D eigenvalue weighted by Gasteiger charge is 2.26. The Bertz CT molecular complexity index is 802. The Morgan fingerprint density at radius 1 is 1.25 bits per heavy atom. The normalized spacial score (nSPS) is 15.7. The minimum atomic E-state index is -0.428. The lowest BCUT2D eigenvalue weighted by Crippen LogP contribution is -2.49. The second kappa shape index (κ2) is 6.56. The van der Waals surface area contributed by atoms with Gasteiger partial charge in [-0.1, -0.05) is 5.16 Å². The zero-order valence-electron chi connectivity index (χ0n) is 14.1. The van der Waals surface area contributed by atoms with Crippen LogP contribution in [0.1, 0.15) is 33.1 Å². The highest BCUT2D eigenvalue weighted by molar-refractivity contribution is 5.95. The molecule has 0 radical (unpaired) electrons. The Morgan fingerprint density at radius 2 is 1.96 bits per heavy atom. The van der Waals surface area contributed by atoms with Crippen molar-refractivity contribution in [3.05, 3.63) is 44.7 Å². The second-order valence-corrected chi connectivity index (χ2v) is 6.14. The molecule has 3 heterocycles. The van der Waals surface area contributed by atoms with Crippen LogP contribution in [0, 0.1) is 20.8 Å². The van der Waals surface area contributed by atoms with E-state index >= 15 is 0 Å². The molecule has 0 saturated carbocycles. The smallest absolute Gasteiger partial charge is 0.277 e. The van der Waals surface area contributed by atoms with Gasteiger partial charge < -0.3 is 9.42 Å².